The van der Waals surface area contributed by atoms with Crippen LogP contribution in [-0.2, 0) is 9.47 Å². The van der Waals surface area contributed by atoms with E-state index in [9.17, 15) is 0 Å². The average molecular weight is 243 g/mol. The maximum atomic E-state index is 8.74. The summed E-state index contributed by atoms with van der Waals surface area (Å²) >= 11 is 0. The zero-order valence-electron chi connectivity index (χ0n) is 10.5. The first-order valence-electron chi connectivity index (χ1n) is 6.23. The van der Waals surface area contributed by atoms with Crippen molar-refractivity contribution in [2.45, 2.75) is 19.6 Å². The van der Waals surface area contributed by atoms with Crippen LogP contribution in [0.25, 0.3) is 0 Å². The van der Waals surface area contributed by atoms with E-state index in [0.717, 1.165) is 12.0 Å². The number of nitriles is 1. The smallest absolute Gasteiger partial charge is 0.183 e. The van der Waals surface area contributed by atoms with Crippen molar-refractivity contribution >= 4 is 0 Å². The Morgan fingerprint density at radius 3 is 2.50 bits per heavy atom. The average Bonchev–Trinajstić information content (AvgIpc) is 2.46. The highest BCUT2D eigenvalue weighted by Gasteiger charge is 2.21. The molecular weight excluding hydrogens is 226 g/mol. The van der Waals surface area contributed by atoms with E-state index in [0.29, 0.717) is 24.7 Å². The number of allylic oxidation sites excluding steroid dienone is 1. The molecule has 0 unspecified atom stereocenters. The zero-order chi connectivity index (χ0) is 12.8. The van der Waals surface area contributed by atoms with Gasteiger partial charge in [-0.3, -0.25) is 0 Å². The Hall–Kier alpha value is -1.63. The van der Waals surface area contributed by atoms with E-state index in [1.807, 2.05) is 12.1 Å². The zero-order valence-corrected chi connectivity index (χ0v) is 10.5. The molecule has 0 radical (unpaired) electrons. The van der Waals surface area contributed by atoms with Crippen molar-refractivity contribution in [3.63, 3.8) is 0 Å². The molecule has 1 saturated heterocycles. The van der Waals surface area contributed by atoms with E-state index >= 15 is 0 Å². The van der Waals surface area contributed by atoms with Crippen molar-refractivity contribution in [3.05, 3.63) is 47.5 Å². The maximum Gasteiger partial charge on any atom is 0.183 e. The van der Waals surface area contributed by atoms with Crippen LogP contribution in [0.4, 0.5) is 0 Å². The molecule has 2 rings (SSSR count). The van der Waals surface area contributed by atoms with Gasteiger partial charge in [0.2, 0.25) is 0 Å². The standard InChI is InChI=1S/C15H17NO2/c1-2-3-4-13-10-17-15(18-11-13)14-7-5-12(9-16)6-8-14/h3-8,13,15H,2,10-11H2,1H3. The lowest BCUT2D eigenvalue weighted by atomic mass is 10.1. The predicted octanol–water partition coefficient (Wildman–Crippen LogP) is 3.19. The van der Waals surface area contributed by atoms with Gasteiger partial charge in [0.25, 0.3) is 0 Å². The minimum atomic E-state index is -0.302. The number of benzene rings is 1. The van der Waals surface area contributed by atoms with Gasteiger partial charge < -0.3 is 9.47 Å². The summed E-state index contributed by atoms with van der Waals surface area (Å²) in [6, 6.07) is 9.42. The van der Waals surface area contributed by atoms with Crippen LogP contribution >= 0.6 is 0 Å². The summed E-state index contributed by atoms with van der Waals surface area (Å²) in [4.78, 5) is 0. The van der Waals surface area contributed by atoms with Crippen molar-refractivity contribution in [2.24, 2.45) is 5.92 Å². The van der Waals surface area contributed by atoms with Crippen LogP contribution in [0.15, 0.2) is 36.4 Å². The fraction of sp³-hybridized carbons (Fsp3) is 0.400. The third-order valence-corrected chi connectivity index (χ3v) is 2.88. The molecule has 3 heteroatoms. The summed E-state index contributed by atoms with van der Waals surface area (Å²) in [6.45, 7) is 3.48. The Morgan fingerprint density at radius 1 is 1.28 bits per heavy atom. The van der Waals surface area contributed by atoms with Crippen LogP contribution in [0.2, 0.25) is 0 Å². The number of hydrogen-bond acceptors (Lipinski definition) is 3. The van der Waals surface area contributed by atoms with Crippen LogP contribution in [0, 0.1) is 17.2 Å². The lowest BCUT2D eigenvalue weighted by Gasteiger charge is -2.28. The van der Waals surface area contributed by atoms with E-state index in [1.54, 1.807) is 12.1 Å². The first kappa shape index (κ1) is 12.8. The van der Waals surface area contributed by atoms with Crippen LogP contribution in [-0.4, -0.2) is 13.2 Å². The molecule has 0 bridgehead atoms. The van der Waals surface area contributed by atoms with Gasteiger partial charge in [-0.05, 0) is 18.6 Å². The first-order valence-corrected chi connectivity index (χ1v) is 6.23. The van der Waals surface area contributed by atoms with Gasteiger partial charge in [-0.1, -0.05) is 31.2 Å². The van der Waals surface area contributed by atoms with Gasteiger partial charge in [-0.2, -0.15) is 5.26 Å². The monoisotopic (exact) mass is 243 g/mol. The summed E-state index contributed by atoms with van der Waals surface area (Å²) < 4.78 is 11.4. The Kier molecular flexibility index (Phi) is 4.52. The van der Waals surface area contributed by atoms with E-state index < -0.39 is 0 Å². The molecule has 0 amide bonds. The second-order valence-electron chi connectivity index (χ2n) is 4.33. The van der Waals surface area contributed by atoms with Crippen molar-refractivity contribution in [3.8, 4) is 6.07 Å². The Labute approximate surface area is 108 Å². The highest BCUT2D eigenvalue weighted by atomic mass is 16.7. The highest BCUT2D eigenvalue weighted by Crippen LogP contribution is 2.25. The number of rotatable bonds is 3. The number of ether oxygens (including phenoxy) is 2. The van der Waals surface area contributed by atoms with Crippen molar-refractivity contribution < 1.29 is 9.47 Å². The molecule has 0 spiro atoms. The molecule has 1 fully saturated rings. The molecule has 94 valence electrons. The van der Waals surface area contributed by atoms with Gasteiger partial charge >= 0.3 is 0 Å². The summed E-state index contributed by atoms with van der Waals surface area (Å²) in [6.07, 6.45) is 5.02. The van der Waals surface area contributed by atoms with Gasteiger partial charge in [0.05, 0.1) is 24.8 Å². The predicted molar refractivity (Wildman–Crippen MR) is 68.7 cm³/mol. The summed E-state index contributed by atoms with van der Waals surface area (Å²) in [5, 5.41) is 8.74. The lowest BCUT2D eigenvalue weighted by Crippen LogP contribution is -2.25. The number of nitrogens with zero attached hydrogens (tertiary/aromatic N) is 1. The van der Waals surface area contributed by atoms with Crippen molar-refractivity contribution in [2.75, 3.05) is 13.2 Å². The van der Waals surface area contributed by atoms with Gasteiger partial charge in [0, 0.05) is 11.5 Å². The molecule has 0 saturated carbocycles. The summed E-state index contributed by atoms with van der Waals surface area (Å²) in [5.41, 5.74) is 1.62. The van der Waals surface area contributed by atoms with Crippen LogP contribution in [0.5, 0.6) is 0 Å². The van der Waals surface area contributed by atoms with Gasteiger partial charge in [0.1, 0.15) is 0 Å². The molecular formula is C15H17NO2. The molecule has 0 N–H and O–H groups in total. The quantitative estimate of drug-likeness (QED) is 0.766. The van der Waals surface area contributed by atoms with E-state index in [-0.39, 0.29) is 6.29 Å². The maximum absolute atomic E-state index is 8.74. The molecule has 3 nitrogen and oxygen atoms in total. The highest BCUT2D eigenvalue weighted by molar-refractivity contribution is 5.32. The lowest BCUT2D eigenvalue weighted by molar-refractivity contribution is -0.197. The molecule has 1 heterocycles. The van der Waals surface area contributed by atoms with Gasteiger partial charge in [-0.25, -0.2) is 0 Å². The molecule has 1 aromatic carbocycles. The van der Waals surface area contributed by atoms with Gasteiger partial charge in [-0.15, -0.1) is 0 Å². The molecule has 0 aliphatic carbocycles. The molecule has 1 aromatic rings. The van der Waals surface area contributed by atoms with Crippen LogP contribution in [0.1, 0.15) is 30.8 Å². The molecule has 0 atom stereocenters. The van der Waals surface area contributed by atoms with Crippen LogP contribution < -0.4 is 0 Å². The number of hydrogen-bond donors (Lipinski definition) is 0. The Bertz CT molecular complexity index is 437. The molecule has 1 aliphatic heterocycles. The molecule has 18 heavy (non-hydrogen) atoms. The fourth-order valence-electron chi connectivity index (χ4n) is 1.87. The Morgan fingerprint density at radius 2 is 1.94 bits per heavy atom. The normalized spacial score (nSPS) is 24.0. The van der Waals surface area contributed by atoms with Crippen molar-refractivity contribution in [1.29, 1.82) is 5.26 Å². The van der Waals surface area contributed by atoms with E-state index in [2.05, 4.69) is 25.1 Å². The molecule has 0 aromatic heterocycles. The minimum Gasteiger partial charge on any atom is -0.348 e. The summed E-state index contributed by atoms with van der Waals surface area (Å²) in [7, 11) is 0. The van der Waals surface area contributed by atoms with Crippen molar-refractivity contribution in [1.82, 2.24) is 0 Å². The minimum absolute atomic E-state index is 0.302. The third-order valence-electron chi connectivity index (χ3n) is 2.88. The van der Waals surface area contributed by atoms with Crippen LogP contribution in [0.3, 0.4) is 0 Å². The topological polar surface area (TPSA) is 42.2 Å². The summed E-state index contributed by atoms with van der Waals surface area (Å²) in [5.74, 6) is 0.347. The SMILES string of the molecule is CCC=CC1COC(c2ccc(C#N)cc2)OC1. The second-order valence-corrected chi connectivity index (χ2v) is 4.33. The Balaban J connectivity index is 1.93. The second kappa shape index (κ2) is 6.34. The van der Waals surface area contributed by atoms with Gasteiger partial charge in [0.15, 0.2) is 6.29 Å². The largest absolute Gasteiger partial charge is 0.348 e. The first-order chi connectivity index (χ1) is 8.83. The van der Waals surface area contributed by atoms with E-state index in [1.165, 1.54) is 0 Å². The molecule has 1 aliphatic rings. The third kappa shape index (κ3) is 3.19. The fourth-order valence-corrected chi connectivity index (χ4v) is 1.87. The van der Waals surface area contributed by atoms with E-state index in [4.69, 9.17) is 14.7 Å².